The Morgan fingerprint density at radius 2 is 1.56 bits per heavy atom. The number of esters is 2. The van der Waals surface area contributed by atoms with Crippen LogP contribution in [0.15, 0.2) is 60.5 Å². The van der Waals surface area contributed by atoms with Crippen molar-refractivity contribution >= 4 is 22.9 Å². The van der Waals surface area contributed by atoms with E-state index in [1.807, 2.05) is 0 Å². The lowest BCUT2D eigenvalue weighted by Gasteiger charge is -2.08. The Morgan fingerprint density at radius 3 is 2.28 bits per heavy atom. The first-order valence-corrected chi connectivity index (χ1v) is 9.47. The first-order chi connectivity index (χ1) is 15.4. The molecule has 0 amide bonds. The standard InChI is InChI=1S/C23H18O9/c1-12-20(16-8-9-18(32-16)23(26)28-3)21(24)15-6-4-13(10-19(15)30-12)29-11-14-5-7-17(31-14)22(25)27-2/h4-10H,11H2,1-3H3. The van der Waals surface area contributed by atoms with Crippen molar-refractivity contribution in [1.29, 1.82) is 0 Å². The maximum Gasteiger partial charge on any atom is 0.373 e. The fourth-order valence-electron chi connectivity index (χ4n) is 3.16. The zero-order chi connectivity index (χ0) is 22.8. The fraction of sp³-hybridized carbons (Fsp3) is 0.174. The number of hydrogen-bond donors (Lipinski definition) is 0. The topological polar surface area (TPSA) is 118 Å². The van der Waals surface area contributed by atoms with Crippen LogP contribution in [0.3, 0.4) is 0 Å². The van der Waals surface area contributed by atoms with E-state index >= 15 is 0 Å². The van der Waals surface area contributed by atoms with Gasteiger partial charge in [0.05, 0.1) is 19.6 Å². The minimum Gasteiger partial charge on any atom is -0.486 e. The van der Waals surface area contributed by atoms with E-state index in [2.05, 4.69) is 9.47 Å². The van der Waals surface area contributed by atoms with Crippen molar-refractivity contribution in [2.75, 3.05) is 14.2 Å². The van der Waals surface area contributed by atoms with Crippen LogP contribution in [-0.2, 0) is 16.1 Å². The molecular formula is C23H18O9. The van der Waals surface area contributed by atoms with E-state index in [0.29, 0.717) is 28.2 Å². The quantitative estimate of drug-likeness (QED) is 0.410. The molecule has 1 aromatic carbocycles. The molecule has 0 fully saturated rings. The number of carbonyl (C=O) groups excluding carboxylic acids is 2. The molecule has 3 aromatic heterocycles. The van der Waals surface area contributed by atoms with Crippen LogP contribution in [0, 0.1) is 6.92 Å². The Kier molecular flexibility index (Phi) is 5.55. The van der Waals surface area contributed by atoms with Crippen LogP contribution >= 0.6 is 0 Å². The van der Waals surface area contributed by atoms with Crippen molar-refractivity contribution in [1.82, 2.24) is 0 Å². The summed E-state index contributed by atoms with van der Waals surface area (Å²) in [6.07, 6.45) is 0. The molecule has 0 spiro atoms. The lowest BCUT2D eigenvalue weighted by Crippen LogP contribution is -2.07. The van der Waals surface area contributed by atoms with E-state index in [1.54, 1.807) is 31.2 Å². The number of aryl methyl sites for hydroxylation is 1. The molecule has 164 valence electrons. The second kappa shape index (κ2) is 8.46. The molecule has 4 aromatic rings. The van der Waals surface area contributed by atoms with E-state index in [1.165, 1.54) is 32.4 Å². The van der Waals surface area contributed by atoms with Crippen molar-refractivity contribution in [2.45, 2.75) is 13.5 Å². The molecule has 0 saturated heterocycles. The summed E-state index contributed by atoms with van der Waals surface area (Å²) >= 11 is 0. The van der Waals surface area contributed by atoms with Gasteiger partial charge in [0.2, 0.25) is 16.9 Å². The van der Waals surface area contributed by atoms with Crippen LogP contribution in [0.5, 0.6) is 5.75 Å². The average Bonchev–Trinajstić information content (AvgIpc) is 3.46. The largest absolute Gasteiger partial charge is 0.486 e. The first kappa shape index (κ1) is 21.0. The van der Waals surface area contributed by atoms with E-state index in [0.717, 1.165) is 0 Å². The minimum atomic E-state index is -0.642. The van der Waals surface area contributed by atoms with Crippen molar-refractivity contribution in [3.05, 3.63) is 75.7 Å². The number of rotatable bonds is 6. The molecule has 0 aliphatic carbocycles. The molecule has 4 rings (SSSR count). The molecule has 0 aliphatic heterocycles. The zero-order valence-electron chi connectivity index (χ0n) is 17.4. The molecule has 0 atom stereocenters. The van der Waals surface area contributed by atoms with Gasteiger partial charge >= 0.3 is 11.9 Å². The molecule has 0 bridgehead atoms. The summed E-state index contributed by atoms with van der Waals surface area (Å²) < 4.78 is 31.6. The smallest absolute Gasteiger partial charge is 0.373 e. The maximum absolute atomic E-state index is 13.0. The predicted octanol–water partition coefficient (Wildman–Crippen LogP) is 4.11. The number of benzene rings is 1. The van der Waals surface area contributed by atoms with Gasteiger partial charge in [-0.2, -0.15) is 0 Å². The molecule has 0 saturated carbocycles. The Hall–Kier alpha value is -4.27. The number of carbonyl (C=O) groups is 2. The summed E-state index contributed by atoms with van der Waals surface area (Å²) in [5.41, 5.74) is 0.227. The number of hydrogen-bond acceptors (Lipinski definition) is 9. The molecular weight excluding hydrogens is 420 g/mol. The second-order valence-electron chi connectivity index (χ2n) is 6.72. The number of methoxy groups -OCH3 is 2. The Morgan fingerprint density at radius 1 is 0.875 bits per heavy atom. The van der Waals surface area contributed by atoms with Crippen molar-refractivity contribution in [3.63, 3.8) is 0 Å². The van der Waals surface area contributed by atoms with Gasteiger partial charge in [-0.3, -0.25) is 4.79 Å². The summed E-state index contributed by atoms with van der Waals surface area (Å²) in [6.45, 7) is 1.69. The highest BCUT2D eigenvalue weighted by Gasteiger charge is 2.19. The van der Waals surface area contributed by atoms with Crippen LogP contribution in [0.4, 0.5) is 0 Å². The van der Waals surface area contributed by atoms with E-state index in [4.69, 9.17) is 18.0 Å². The molecule has 32 heavy (non-hydrogen) atoms. The summed E-state index contributed by atoms with van der Waals surface area (Å²) in [5, 5.41) is 0.319. The van der Waals surface area contributed by atoms with Gasteiger partial charge in [0, 0.05) is 6.07 Å². The van der Waals surface area contributed by atoms with Gasteiger partial charge in [-0.25, -0.2) is 9.59 Å². The van der Waals surface area contributed by atoms with Crippen molar-refractivity contribution in [2.24, 2.45) is 0 Å². The first-order valence-electron chi connectivity index (χ1n) is 9.47. The molecule has 0 N–H and O–H groups in total. The Bertz CT molecular complexity index is 1370. The monoisotopic (exact) mass is 438 g/mol. The van der Waals surface area contributed by atoms with Gasteiger partial charge in [-0.15, -0.1) is 0 Å². The highest BCUT2D eigenvalue weighted by atomic mass is 16.5. The van der Waals surface area contributed by atoms with Crippen molar-refractivity contribution < 1.29 is 37.1 Å². The molecule has 3 heterocycles. The van der Waals surface area contributed by atoms with Gasteiger partial charge < -0.3 is 27.5 Å². The maximum atomic E-state index is 13.0. The second-order valence-corrected chi connectivity index (χ2v) is 6.72. The molecule has 0 aliphatic rings. The minimum absolute atomic E-state index is 0.0153. The van der Waals surface area contributed by atoms with Crippen LogP contribution in [0.1, 0.15) is 32.6 Å². The van der Waals surface area contributed by atoms with Crippen LogP contribution in [-0.4, -0.2) is 26.2 Å². The third-order valence-electron chi connectivity index (χ3n) is 4.71. The summed E-state index contributed by atoms with van der Waals surface area (Å²) in [7, 11) is 2.50. The van der Waals surface area contributed by atoms with Crippen LogP contribution < -0.4 is 10.2 Å². The lowest BCUT2D eigenvalue weighted by molar-refractivity contribution is 0.0555. The van der Waals surface area contributed by atoms with Gasteiger partial charge in [-0.05, 0) is 43.3 Å². The van der Waals surface area contributed by atoms with Gasteiger partial charge in [0.25, 0.3) is 0 Å². The van der Waals surface area contributed by atoms with Gasteiger partial charge in [-0.1, -0.05) is 0 Å². The fourth-order valence-corrected chi connectivity index (χ4v) is 3.16. The summed E-state index contributed by atoms with van der Waals surface area (Å²) in [5.74, 6) is 0.233. The number of fused-ring (bicyclic) bond motifs is 1. The third kappa shape index (κ3) is 3.87. The summed E-state index contributed by atoms with van der Waals surface area (Å²) in [4.78, 5) is 36.1. The van der Waals surface area contributed by atoms with Crippen LogP contribution in [0.25, 0.3) is 22.3 Å². The number of ether oxygens (including phenoxy) is 3. The Balaban J connectivity index is 1.60. The van der Waals surface area contributed by atoms with Gasteiger partial charge in [0.1, 0.15) is 40.8 Å². The number of furan rings is 2. The highest BCUT2D eigenvalue weighted by molar-refractivity contribution is 5.88. The highest BCUT2D eigenvalue weighted by Crippen LogP contribution is 2.28. The van der Waals surface area contributed by atoms with Crippen LogP contribution in [0.2, 0.25) is 0 Å². The zero-order valence-corrected chi connectivity index (χ0v) is 17.4. The predicted molar refractivity (Wildman–Crippen MR) is 111 cm³/mol. The van der Waals surface area contributed by atoms with E-state index in [9.17, 15) is 14.4 Å². The lowest BCUT2D eigenvalue weighted by atomic mass is 10.1. The molecule has 0 radical (unpaired) electrons. The van der Waals surface area contributed by atoms with Crippen molar-refractivity contribution in [3.8, 4) is 17.1 Å². The van der Waals surface area contributed by atoms with E-state index < -0.39 is 11.9 Å². The SMILES string of the molecule is COC(=O)c1ccc(COc2ccc3c(=O)c(-c4ccc(C(=O)OC)o4)c(C)oc3c2)o1. The summed E-state index contributed by atoms with van der Waals surface area (Å²) in [6, 6.07) is 10.8. The molecule has 0 unspecified atom stereocenters. The molecule has 9 heteroatoms. The van der Waals surface area contributed by atoms with Gasteiger partial charge in [0.15, 0.2) is 0 Å². The third-order valence-corrected chi connectivity index (χ3v) is 4.71. The normalized spacial score (nSPS) is 10.8. The average molecular weight is 438 g/mol. The van der Waals surface area contributed by atoms with E-state index in [-0.39, 0.29) is 34.9 Å². The Labute approximate surface area is 181 Å². The molecule has 9 nitrogen and oxygen atoms in total.